The molecule has 1 aromatic rings. The van der Waals surface area contributed by atoms with Gasteiger partial charge in [0.15, 0.2) is 0 Å². The van der Waals surface area contributed by atoms with Gasteiger partial charge in [-0.1, -0.05) is 13.8 Å². The van der Waals surface area contributed by atoms with E-state index in [-0.39, 0.29) is 17.9 Å². The number of amides is 1. The van der Waals surface area contributed by atoms with Gasteiger partial charge < -0.3 is 15.8 Å². The largest absolute Gasteiger partial charge is 0.491 e. The fraction of sp³-hybridized carbons (Fsp3) is 0.533. The maximum absolute atomic E-state index is 11.9. The molecule has 0 unspecified atom stereocenters. The van der Waals surface area contributed by atoms with E-state index < -0.39 is 6.04 Å². The van der Waals surface area contributed by atoms with Crippen LogP contribution in [0.2, 0.25) is 0 Å². The summed E-state index contributed by atoms with van der Waals surface area (Å²) in [6.07, 6.45) is 0.134. The summed E-state index contributed by atoms with van der Waals surface area (Å²) in [5, 5.41) is 2.85. The molecule has 1 amide bonds. The zero-order valence-corrected chi connectivity index (χ0v) is 12.4. The van der Waals surface area contributed by atoms with Gasteiger partial charge in [-0.2, -0.15) is 0 Å². The smallest absolute Gasteiger partial charge is 0.241 e. The summed E-state index contributed by atoms with van der Waals surface area (Å²) in [5.41, 5.74) is 7.55. The van der Waals surface area contributed by atoms with Gasteiger partial charge in [0.2, 0.25) is 5.91 Å². The molecule has 0 spiro atoms. The molecule has 4 heteroatoms. The van der Waals surface area contributed by atoms with Gasteiger partial charge in [0.05, 0.1) is 12.1 Å². The van der Waals surface area contributed by atoms with E-state index in [2.05, 4.69) is 5.32 Å². The highest BCUT2D eigenvalue weighted by molar-refractivity contribution is 5.95. The predicted octanol–water partition coefficient (Wildman–Crippen LogP) is 2.70. The molecule has 1 atom stereocenters. The molecule has 0 saturated heterocycles. The molecule has 0 saturated carbocycles. The van der Waals surface area contributed by atoms with Crippen molar-refractivity contribution in [1.29, 1.82) is 0 Å². The van der Waals surface area contributed by atoms with E-state index in [1.165, 1.54) is 0 Å². The molecule has 0 aliphatic carbocycles. The molecule has 0 aliphatic rings. The fourth-order valence-corrected chi connectivity index (χ4v) is 1.64. The molecular weight excluding hydrogens is 240 g/mol. The number of aryl methyl sites for hydroxylation is 1. The molecule has 106 valence electrons. The third-order valence-electron chi connectivity index (χ3n) is 2.85. The highest BCUT2D eigenvalue weighted by atomic mass is 16.5. The van der Waals surface area contributed by atoms with E-state index in [4.69, 9.17) is 10.5 Å². The van der Waals surface area contributed by atoms with Gasteiger partial charge in [-0.25, -0.2) is 0 Å². The average molecular weight is 264 g/mol. The van der Waals surface area contributed by atoms with Crippen LogP contribution >= 0.6 is 0 Å². The van der Waals surface area contributed by atoms with E-state index in [1.807, 2.05) is 52.8 Å². The van der Waals surface area contributed by atoms with Gasteiger partial charge in [-0.15, -0.1) is 0 Å². The summed E-state index contributed by atoms with van der Waals surface area (Å²) in [6.45, 7) is 9.75. The molecule has 0 aliphatic heterocycles. The van der Waals surface area contributed by atoms with Gasteiger partial charge in [0.1, 0.15) is 5.75 Å². The van der Waals surface area contributed by atoms with Crippen LogP contribution in [0, 0.1) is 12.8 Å². The van der Waals surface area contributed by atoms with Gasteiger partial charge in [0.25, 0.3) is 0 Å². The molecule has 0 bridgehead atoms. The summed E-state index contributed by atoms with van der Waals surface area (Å²) in [4.78, 5) is 11.9. The minimum Gasteiger partial charge on any atom is -0.491 e. The Morgan fingerprint density at radius 2 is 1.89 bits per heavy atom. The number of nitrogens with two attached hydrogens (primary N) is 1. The monoisotopic (exact) mass is 264 g/mol. The summed E-state index contributed by atoms with van der Waals surface area (Å²) in [7, 11) is 0. The van der Waals surface area contributed by atoms with Gasteiger partial charge >= 0.3 is 0 Å². The summed E-state index contributed by atoms with van der Waals surface area (Å²) >= 11 is 0. The Morgan fingerprint density at radius 3 is 2.37 bits per heavy atom. The second kappa shape index (κ2) is 6.57. The highest BCUT2D eigenvalue weighted by Crippen LogP contribution is 2.22. The van der Waals surface area contributed by atoms with Crippen LogP contribution in [0.25, 0.3) is 0 Å². The molecule has 1 aromatic carbocycles. The number of hydrogen-bond donors (Lipinski definition) is 2. The van der Waals surface area contributed by atoms with Crippen LogP contribution in [0.4, 0.5) is 5.69 Å². The first-order valence-corrected chi connectivity index (χ1v) is 6.65. The number of nitrogens with one attached hydrogen (secondary N) is 1. The van der Waals surface area contributed by atoms with Crippen molar-refractivity contribution in [2.24, 2.45) is 11.7 Å². The first-order valence-electron chi connectivity index (χ1n) is 6.65. The van der Waals surface area contributed by atoms with Crippen molar-refractivity contribution in [2.75, 3.05) is 5.32 Å². The number of hydrogen-bond acceptors (Lipinski definition) is 3. The molecule has 0 radical (unpaired) electrons. The second-order valence-electron chi connectivity index (χ2n) is 5.40. The first kappa shape index (κ1) is 15.5. The van der Waals surface area contributed by atoms with Gasteiger partial charge in [0, 0.05) is 5.69 Å². The maximum atomic E-state index is 11.9. The van der Waals surface area contributed by atoms with E-state index in [9.17, 15) is 4.79 Å². The molecule has 4 nitrogen and oxygen atoms in total. The number of carbonyl (C=O) groups excluding carboxylic acids is 1. The predicted molar refractivity (Wildman–Crippen MR) is 78.4 cm³/mol. The van der Waals surface area contributed by atoms with Crippen LogP contribution in [-0.4, -0.2) is 18.1 Å². The van der Waals surface area contributed by atoms with E-state index >= 15 is 0 Å². The Morgan fingerprint density at radius 1 is 1.26 bits per heavy atom. The number of anilines is 1. The molecular formula is C15H24N2O2. The highest BCUT2D eigenvalue weighted by Gasteiger charge is 2.17. The summed E-state index contributed by atoms with van der Waals surface area (Å²) in [5.74, 6) is 0.762. The van der Waals surface area contributed by atoms with E-state index in [0.29, 0.717) is 0 Å². The zero-order chi connectivity index (χ0) is 14.6. The van der Waals surface area contributed by atoms with E-state index in [1.54, 1.807) is 0 Å². The fourth-order valence-electron chi connectivity index (χ4n) is 1.64. The second-order valence-corrected chi connectivity index (χ2v) is 5.40. The normalized spacial score (nSPS) is 12.6. The van der Waals surface area contributed by atoms with Gasteiger partial charge in [-0.3, -0.25) is 4.79 Å². The number of ether oxygens (including phenoxy) is 1. The zero-order valence-electron chi connectivity index (χ0n) is 12.4. The van der Waals surface area contributed by atoms with Crippen molar-refractivity contribution in [3.8, 4) is 5.75 Å². The average Bonchev–Trinajstić information content (AvgIpc) is 2.30. The first-order chi connectivity index (χ1) is 8.81. The van der Waals surface area contributed by atoms with Crippen molar-refractivity contribution in [2.45, 2.75) is 46.8 Å². The Kier molecular flexibility index (Phi) is 5.36. The van der Waals surface area contributed by atoms with Crippen molar-refractivity contribution in [3.63, 3.8) is 0 Å². The summed E-state index contributed by atoms with van der Waals surface area (Å²) in [6, 6.07) is 5.11. The molecule has 0 fully saturated rings. The maximum Gasteiger partial charge on any atom is 0.241 e. The quantitative estimate of drug-likeness (QED) is 0.859. The van der Waals surface area contributed by atoms with Crippen LogP contribution in [-0.2, 0) is 4.79 Å². The Bertz CT molecular complexity index is 442. The molecule has 1 rings (SSSR count). The minimum absolute atomic E-state index is 0.115. The van der Waals surface area contributed by atoms with Crippen molar-refractivity contribution >= 4 is 11.6 Å². The summed E-state index contributed by atoms with van der Waals surface area (Å²) < 4.78 is 5.60. The van der Waals surface area contributed by atoms with Crippen LogP contribution < -0.4 is 15.8 Å². The van der Waals surface area contributed by atoms with Crippen LogP contribution in [0.1, 0.15) is 33.3 Å². The van der Waals surface area contributed by atoms with Crippen LogP contribution in [0.15, 0.2) is 18.2 Å². The van der Waals surface area contributed by atoms with Crippen LogP contribution in [0.3, 0.4) is 0 Å². The van der Waals surface area contributed by atoms with Gasteiger partial charge in [-0.05, 0) is 50.5 Å². The van der Waals surface area contributed by atoms with E-state index in [0.717, 1.165) is 17.0 Å². The lowest BCUT2D eigenvalue weighted by Gasteiger charge is -2.17. The lowest BCUT2D eigenvalue weighted by molar-refractivity contribution is -0.118. The molecule has 0 aromatic heterocycles. The lowest BCUT2D eigenvalue weighted by atomic mass is 10.0. The van der Waals surface area contributed by atoms with Crippen molar-refractivity contribution in [3.05, 3.63) is 23.8 Å². The standard InChI is InChI=1S/C15H24N2O2/c1-9(2)14(16)15(18)17-13-7-6-12(8-11(13)5)19-10(3)4/h6-10,14H,16H2,1-5H3,(H,17,18)/t14-/m1/s1. The van der Waals surface area contributed by atoms with Crippen LogP contribution in [0.5, 0.6) is 5.75 Å². The number of rotatable bonds is 5. The Balaban J connectivity index is 2.77. The van der Waals surface area contributed by atoms with Crippen molar-refractivity contribution in [1.82, 2.24) is 0 Å². The Hall–Kier alpha value is -1.55. The third-order valence-corrected chi connectivity index (χ3v) is 2.85. The molecule has 19 heavy (non-hydrogen) atoms. The molecule has 0 heterocycles. The number of carbonyl (C=O) groups is 1. The number of benzene rings is 1. The minimum atomic E-state index is -0.494. The SMILES string of the molecule is Cc1cc(OC(C)C)ccc1NC(=O)[C@H](N)C(C)C. The topological polar surface area (TPSA) is 64.3 Å². The van der Waals surface area contributed by atoms with Crippen molar-refractivity contribution < 1.29 is 9.53 Å². The lowest BCUT2D eigenvalue weighted by Crippen LogP contribution is -2.39. The third kappa shape index (κ3) is 4.56. The molecule has 3 N–H and O–H groups in total. The Labute approximate surface area is 115 Å².